The molecule has 2 heterocycles. The van der Waals surface area contributed by atoms with Crippen LogP contribution < -0.4 is 5.32 Å². The van der Waals surface area contributed by atoms with E-state index in [9.17, 15) is 23.1 Å². The average Bonchev–Trinajstić information content (AvgIpc) is 3.01. The molecular formula is C17H26F3N3O3S. The fourth-order valence-corrected chi connectivity index (χ4v) is 3.96. The number of ether oxygens (including phenoxy) is 1. The zero-order chi connectivity index (χ0) is 20.2. The van der Waals surface area contributed by atoms with E-state index in [1.807, 2.05) is 13.8 Å². The number of carbonyl (C=O) groups excluding carboxylic acids is 1. The van der Waals surface area contributed by atoms with Crippen molar-refractivity contribution in [1.29, 1.82) is 0 Å². The van der Waals surface area contributed by atoms with Crippen LogP contribution in [0.5, 0.6) is 0 Å². The lowest BCUT2D eigenvalue weighted by Crippen LogP contribution is -2.52. The van der Waals surface area contributed by atoms with Gasteiger partial charge in [-0.2, -0.15) is 13.2 Å². The number of thiazole rings is 1. The summed E-state index contributed by atoms with van der Waals surface area (Å²) in [5.41, 5.74) is -2.92. The number of amides is 1. The maximum atomic E-state index is 13.5. The molecule has 1 saturated heterocycles. The van der Waals surface area contributed by atoms with E-state index in [0.29, 0.717) is 43.3 Å². The Morgan fingerprint density at radius 1 is 1.41 bits per heavy atom. The van der Waals surface area contributed by atoms with E-state index in [1.54, 1.807) is 0 Å². The third-order valence-electron chi connectivity index (χ3n) is 4.65. The van der Waals surface area contributed by atoms with Gasteiger partial charge in [0.1, 0.15) is 5.01 Å². The molecule has 1 aromatic rings. The van der Waals surface area contributed by atoms with E-state index in [4.69, 9.17) is 4.74 Å². The van der Waals surface area contributed by atoms with E-state index in [-0.39, 0.29) is 18.5 Å². The van der Waals surface area contributed by atoms with Crippen LogP contribution in [0.2, 0.25) is 0 Å². The monoisotopic (exact) mass is 409 g/mol. The number of alkyl halides is 3. The number of nitrogens with zero attached hydrogens (tertiary/aromatic N) is 2. The first-order valence-corrected chi connectivity index (χ1v) is 9.72. The summed E-state index contributed by atoms with van der Waals surface area (Å²) in [7, 11) is 0. The third kappa shape index (κ3) is 5.40. The standard InChI is InChI=1S/C17H26F3N3O3S/c1-11(2)13(23-4-6-26-7-5-23)9-21-14(24)8-16(25,17(18,19)20)15-22-12(3)10-27-15/h10-11,13,25H,4-9H2,1-3H3,(H,21,24). The van der Waals surface area contributed by atoms with Crippen molar-refractivity contribution in [2.45, 2.75) is 45.0 Å². The van der Waals surface area contributed by atoms with Crippen molar-refractivity contribution in [3.8, 4) is 0 Å². The first-order chi connectivity index (χ1) is 12.5. The molecule has 0 aromatic carbocycles. The zero-order valence-electron chi connectivity index (χ0n) is 15.7. The Morgan fingerprint density at radius 2 is 2.04 bits per heavy atom. The minimum atomic E-state index is -5.00. The van der Waals surface area contributed by atoms with E-state index in [1.165, 1.54) is 12.3 Å². The fraction of sp³-hybridized carbons (Fsp3) is 0.765. The number of rotatable bonds is 7. The summed E-state index contributed by atoms with van der Waals surface area (Å²) in [6.07, 6.45) is -6.12. The molecule has 1 aromatic heterocycles. The minimum absolute atomic E-state index is 0.0149. The second kappa shape index (κ2) is 8.85. The summed E-state index contributed by atoms with van der Waals surface area (Å²) in [5, 5.41) is 13.7. The van der Waals surface area contributed by atoms with Crippen LogP contribution in [0, 0.1) is 12.8 Å². The predicted octanol–water partition coefficient (Wildman–Crippen LogP) is 2.06. The first kappa shape index (κ1) is 22.1. The highest BCUT2D eigenvalue weighted by Crippen LogP contribution is 2.42. The van der Waals surface area contributed by atoms with Crippen molar-refractivity contribution >= 4 is 17.2 Å². The van der Waals surface area contributed by atoms with Crippen LogP contribution in [-0.2, 0) is 15.1 Å². The molecule has 0 radical (unpaired) electrons. The smallest absolute Gasteiger partial charge is 0.379 e. The maximum absolute atomic E-state index is 13.5. The molecule has 0 spiro atoms. The van der Waals surface area contributed by atoms with E-state index >= 15 is 0 Å². The molecule has 1 amide bonds. The molecule has 1 aliphatic rings. The van der Waals surface area contributed by atoms with Gasteiger partial charge in [-0.15, -0.1) is 11.3 Å². The Bertz CT molecular complexity index is 632. The van der Waals surface area contributed by atoms with Gasteiger partial charge in [-0.25, -0.2) is 4.98 Å². The number of carbonyl (C=O) groups is 1. The Morgan fingerprint density at radius 3 is 2.52 bits per heavy atom. The normalized spacial score (nSPS) is 19.7. The fourth-order valence-electron chi connectivity index (χ4n) is 3.05. The number of aromatic nitrogens is 1. The number of aryl methyl sites for hydroxylation is 1. The van der Waals surface area contributed by atoms with Gasteiger partial charge in [0, 0.05) is 36.8 Å². The molecule has 2 rings (SSSR count). The van der Waals surface area contributed by atoms with E-state index < -0.39 is 29.1 Å². The lowest BCUT2D eigenvalue weighted by Gasteiger charge is -2.37. The molecule has 10 heteroatoms. The molecule has 2 atom stereocenters. The van der Waals surface area contributed by atoms with Gasteiger partial charge in [0.15, 0.2) is 0 Å². The van der Waals surface area contributed by atoms with E-state index in [2.05, 4.69) is 15.2 Å². The third-order valence-corrected chi connectivity index (χ3v) is 5.76. The van der Waals surface area contributed by atoms with Gasteiger partial charge >= 0.3 is 6.18 Å². The number of nitrogens with one attached hydrogen (secondary N) is 1. The molecule has 2 N–H and O–H groups in total. The Hall–Kier alpha value is -1.23. The van der Waals surface area contributed by atoms with Gasteiger partial charge in [-0.3, -0.25) is 9.69 Å². The maximum Gasteiger partial charge on any atom is 0.424 e. The van der Waals surface area contributed by atoms with Crippen LogP contribution in [0.15, 0.2) is 5.38 Å². The number of hydrogen-bond acceptors (Lipinski definition) is 6. The second-order valence-electron chi connectivity index (χ2n) is 7.09. The van der Waals surface area contributed by atoms with Crippen molar-refractivity contribution in [3.05, 3.63) is 16.1 Å². The molecule has 27 heavy (non-hydrogen) atoms. The summed E-state index contributed by atoms with van der Waals surface area (Å²) in [4.78, 5) is 18.2. The lowest BCUT2D eigenvalue weighted by atomic mass is 9.98. The summed E-state index contributed by atoms with van der Waals surface area (Å²) in [6.45, 7) is 8.34. The SMILES string of the molecule is Cc1csc(C(O)(CC(=O)NCC(C(C)C)N2CCOCC2)C(F)(F)F)n1. The molecule has 2 unspecified atom stereocenters. The van der Waals surface area contributed by atoms with Crippen LogP contribution in [0.25, 0.3) is 0 Å². The van der Waals surface area contributed by atoms with Gasteiger partial charge < -0.3 is 15.2 Å². The van der Waals surface area contributed by atoms with Gasteiger partial charge in [0.2, 0.25) is 11.5 Å². The molecule has 1 aliphatic heterocycles. The largest absolute Gasteiger partial charge is 0.424 e. The molecule has 0 saturated carbocycles. The quantitative estimate of drug-likeness (QED) is 0.721. The van der Waals surface area contributed by atoms with Crippen LogP contribution in [0.4, 0.5) is 13.2 Å². The van der Waals surface area contributed by atoms with Crippen LogP contribution in [0.3, 0.4) is 0 Å². The minimum Gasteiger partial charge on any atom is -0.379 e. The van der Waals surface area contributed by atoms with Gasteiger partial charge in [-0.05, 0) is 12.8 Å². The van der Waals surface area contributed by atoms with Gasteiger partial charge in [-0.1, -0.05) is 13.8 Å². The number of aliphatic hydroxyl groups is 1. The van der Waals surface area contributed by atoms with Crippen LogP contribution in [0.1, 0.15) is 31.0 Å². The molecule has 0 bridgehead atoms. The lowest BCUT2D eigenvalue weighted by molar-refractivity contribution is -0.267. The topological polar surface area (TPSA) is 74.7 Å². The predicted molar refractivity (Wildman–Crippen MR) is 95.4 cm³/mol. The number of morpholine rings is 1. The highest BCUT2D eigenvalue weighted by atomic mass is 32.1. The molecule has 0 aliphatic carbocycles. The second-order valence-corrected chi connectivity index (χ2v) is 7.95. The molecule has 6 nitrogen and oxygen atoms in total. The highest BCUT2D eigenvalue weighted by Gasteiger charge is 2.58. The van der Waals surface area contributed by atoms with Crippen LogP contribution in [-0.4, -0.2) is 66.0 Å². The summed E-state index contributed by atoms with van der Waals surface area (Å²) < 4.78 is 45.8. The molecular weight excluding hydrogens is 383 g/mol. The van der Waals surface area contributed by atoms with Gasteiger partial charge in [0.05, 0.1) is 19.6 Å². The average molecular weight is 409 g/mol. The van der Waals surface area contributed by atoms with Crippen LogP contribution >= 0.6 is 11.3 Å². The van der Waals surface area contributed by atoms with Crippen molar-refractivity contribution < 1.29 is 27.8 Å². The van der Waals surface area contributed by atoms with Crippen molar-refractivity contribution in [2.75, 3.05) is 32.8 Å². The summed E-state index contributed by atoms with van der Waals surface area (Å²) in [5.74, 6) is -0.659. The Balaban J connectivity index is 2.04. The zero-order valence-corrected chi connectivity index (χ0v) is 16.5. The highest BCUT2D eigenvalue weighted by molar-refractivity contribution is 7.09. The van der Waals surface area contributed by atoms with Crippen molar-refractivity contribution in [2.24, 2.45) is 5.92 Å². The summed E-state index contributed by atoms with van der Waals surface area (Å²) in [6, 6.07) is -0.0149. The van der Waals surface area contributed by atoms with Crippen molar-refractivity contribution in [3.63, 3.8) is 0 Å². The molecule has 1 fully saturated rings. The Labute approximate surface area is 160 Å². The van der Waals surface area contributed by atoms with Crippen molar-refractivity contribution in [1.82, 2.24) is 15.2 Å². The van der Waals surface area contributed by atoms with Gasteiger partial charge in [0.25, 0.3) is 0 Å². The molecule has 154 valence electrons. The number of halogens is 3. The summed E-state index contributed by atoms with van der Waals surface area (Å²) >= 11 is 0.694. The first-order valence-electron chi connectivity index (χ1n) is 8.85. The Kier molecular flexibility index (Phi) is 7.23. The number of hydrogen-bond donors (Lipinski definition) is 2. The van der Waals surface area contributed by atoms with E-state index in [0.717, 1.165) is 0 Å².